The van der Waals surface area contributed by atoms with Crippen LogP contribution in [0.15, 0.2) is 36.4 Å². The summed E-state index contributed by atoms with van der Waals surface area (Å²) in [5, 5.41) is 8.22. The first-order valence-electron chi connectivity index (χ1n) is 11.5. The van der Waals surface area contributed by atoms with Crippen molar-refractivity contribution >= 4 is 29.1 Å². The average Bonchev–Trinajstić information content (AvgIpc) is 3.36. The number of nitrogens with zero attached hydrogens (tertiary/aromatic N) is 1. The Morgan fingerprint density at radius 2 is 1.94 bits per heavy atom. The highest BCUT2D eigenvalue weighted by Crippen LogP contribution is 2.31. The van der Waals surface area contributed by atoms with Crippen LogP contribution in [-0.2, 0) is 26.2 Å². The highest BCUT2D eigenvalue weighted by atomic mass is 19.1. The fraction of sp³-hybridized carbons (Fsp3) is 0.423. The van der Waals surface area contributed by atoms with Gasteiger partial charge >= 0.3 is 0 Å². The van der Waals surface area contributed by atoms with Gasteiger partial charge in [0.05, 0.1) is 5.92 Å². The first-order valence-corrected chi connectivity index (χ1v) is 11.5. The molecule has 1 unspecified atom stereocenters. The molecule has 34 heavy (non-hydrogen) atoms. The Labute approximate surface area is 199 Å². The highest BCUT2D eigenvalue weighted by molar-refractivity contribution is 5.99. The van der Waals surface area contributed by atoms with E-state index in [2.05, 4.69) is 20.9 Å². The van der Waals surface area contributed by atoms with Crippen LogP contribution in [0.3, 0.4) is 0 Å². The summed E-state index contributed by atoms with van der Waals surface area (Å²) in [5.41, 5.74) is 3.34. The molecule has 7 nitrogen and oxygen atoms in total. The lowest BCUT2D eigenvalue weighted by atomic mass is 9.86. The van der Waals surface area contributed by atoms with E-state index in [1.165, 1.54) is 6.07 Å². The van der Waals surface area contributed by atoms with Crippen LogP contribution >= 0.6 is 0 Å². The third-order valence-electron chi connectivity index (χ3n) is 6.51. The molecule has 3 amide bonds. The van der Waals surface area contributed by atoms with Crippen LogP contribution in [0.25, 0.3) is 0 Å². The fourth-order valence-corrected chi connectivity index (χ4v) is 4.53. The summed E-state index contributed by atoms with van der Waals surface area (Å²) in [5.74, 6) is -1.96. The van der Waals surface area contributed by atoms with Gasteiger partial charge in [-0.05, 0) is 46.7 Å². The summed E-state index contributed by atoms with van der Waals surface area (Å²) in [6.07, 6.45) is 0.942. The number of hydrogen-bond acceptors (Lipinski definition) is 4. The molecule has 1 fully saturated rings. The normalized spacial score (nSPS) is 18.3. The van der Waals surface area contributed by atoms with E-state index >= 15 is 0 Å². The van der Waals surface area contributed by atoms with Crippen molar-refractivity contribution in [3.05, 3.63) is 58.9 Å². The number of nitrogens with one attached hydrogen (secondary N) is 3. The molecule has 2 aromatic rings. The van der Waals surface area contributed by atoms with Gasteiger partial charge in [-0.25, -0.2) is 4.39 Å². The van der Waals surface area contributed by atoms with Gasteiger partial charge in [0.2, 0.25) is 11.8 Å². The lowest BCUT2D eigenvalue weighted by Crippen LogP contribution is -2.40. The molecule has 2 aromatic carbocycles. The van der Waals surface area contributed by atoms with Crippen molar-refractivity contribution < 1.29 is 18.8 Å². The Balaban J connectivity index is 1.60. The molecule has 2 atom stereocenters. The number of carbonyl (C=O) groups is 3. The molecule has 2 heterocycles. The van der Waals surface area contributed by atoms with E-state index < -0.39 is 23.7 Å². The van der Waals surface area contributed by atoms with Gasteiger partial charge in [-0.1, -0.05) is 39.0 Å². The standard InChI is InChI=1S/C26H31FN4O3/c1-26(2,3)19-7-6-18(13-20(19)27)29-25(34)23(30-24(33)17-12-22(32)28-14-17)16-5-8-21-15(11-16)9-10-31(21)4/h5-8,11,13,17,23H,9-10,12,14H2,1-4H3,(H,28,32)(H,29,34)(H,30,33)/t17-,23?/m1/s1. The monoisotopic (exact) mass is 466 g/mol. The molecule has 3 N–H and O–H groups in total. The van der Waals surface area contributed by atoms with Gasteiger partial charge in [0.25, 0.3) is 5.91 Å². The van der Waals surface area contributed by atoms with E-state index in [4.69, 9.17) is 0 Å². The van der Waals surface area contributed by atoms with E-state index in [1.807, 2.05) is 46.0 Å². The van der Waals surface area contributed by atoms with Gasteiger partial charge in [0, 0.05) is 37.9 Å². The van der Waals surface area contributed by atoms with Crippen LogP contribution in [0, 0.1) is 11.7 Å². The molecular formula is C26H31FN4O3. The number of benzene rings is 2. The second kappa shape index (κ2) is 9.08. The number of fused-ring (bicyclic) bond motifs is 1. The Hall–Kier alpha value is -3.42. The van der Waals surface area contributed by atoms with Crippen LogP contribution in [0.4, 0.5) is 15.8 Å². The topological polar surface area (TPSA) is 90.5 Å². The molecular weight excluding hydrogens is 435 g/mol. The Morgan fingerprint density at radius 1 is 1.18 bits per heavy atom. The summed E-state index contributed by atoms with van der Waals surface area (Å²) in [4.78, 5) is 39.9. The first-order chi connectivity index (χ1) is 16.0. The van der Waals surface area contributed by atoms with Crippen molar-refractivity contribution in [3.63, 3.8) is 0 Å². The van der Waals surface area contributed by atoms with Crippen molar-refractivity contribution in [3.8, 4) is 0 Å². The Bertz CT molecular complexity index is 1140. The molecule has 0 spiro atoms. The predicted molar refractivity (Wildman–Crippen MR) is 129 cm³/mol. The number of rotatable bonds is 5. The molecule has 2 aliphatic heterocycles. The number of amides is 3. The summed E-state index contributed by atoms with van der Waals surface area (Å²) in [7, 11) is 2.01. The maximum atomic E-state index is 14.7. The molecule has 1 saturated heterocycles. The third kappa shape index (κ3) is 4.90. The van der Waals surface area contributed by atoms with Crippen LogP contribution in [0.2, 0.25) is 0 Å². The van der Waals surface area contributed by atoms with E-state index in [0.717, 1.165) is 24.2 Å². The number of carbonyl (C=O) groups excluding carboxylic acids is 3. The van der Waals surface area contributed by atoms with Crippen LogP contribution in [0.1, 0.15) is 49.9 Å². The van der Waals surface area contributed by atoms with Gasteiger partial charge in [-0.15, -0.1) is 0 Å². The zero-order valence-corrected chi connectivity index (χ0v) is 20.0. The van der Waals surface area contributed by atoms with E-state index in [9.17, 15) is 18.8 Å². The average molecular weight is 467 g/mol. The lowest BCUT2D eigenvalue weighted by Gasteiger charge is -2.23. The molecule has 0 aliphatic carbocycles. The molecule has 0 saturated carbocycles. The minimum atomic E-state index is -0.982. The minimum Gasteiger partial charge on any atom is -0.374 e. The summed E-state index contributed by atoms with van der Waals surface area (Å²) in [6.45, 7) is 6.89. The van der Waals surface area contributed by atoms with Crippen LogP contribution in [0.5, 0.6) is 0 Å². The Kier molecular flexibility index (Phi) is 6.34. The largest absolute Gasteiger partial charge is 0.374 e. The maximum Gasteiger partial charge on any atom is 0.251 e. The summed E-state index contributed by atoms with van der Waals surface area (Å²) < 4.78 is 14.7. The van der Waals surface area contributed by atoms with Gasteiger partial charge in [-0.2, -0.15) is 0 Å². The van der Waals surface area contributed by atoms with Gasteiger partial charge in [0.1, 0.15) is 11.9 Å². The van der Waals surface area contributed by atoms with E-state index in [-0.39, 0.29) is 30.2 Å². The van der Waals surface area contributed by atoms with E-state index in [0.29, 0.717) is 16.8 Å². The molecule has 0 aromatic heterocycles. The SMILES string of the molecule is CN1CCc2cc(C(NC(=O)[C@H]3CNC(=O)C3)C(=O)Nc3ccc(C(C)(C)C)c(F)c3)ccc21. The van der Waals surface area contributed by atoms with Crippen molar-refractivity contribution in [1.82, 2.24) is 10.6 Å². The van der Waals surface area contributed by atoms with Crippen molar-refractivity contribution in [2.75, 3.05) is 30.4 Å². The number of likely N-dealkylation sites (N-methyl/N-ethyl adjacent to an activating group) is 1. The quantitative estimate of drug-likeness (QED) is 0.632. The van der Waals surface area contributed by atoms with Gasteiger partial charge in [0.15, 0.2) is 0 Å². The molecule has 180 valence electrons. The third-order valence-corrected chi connectivity index (χ3v) is 6.51. The number of hydrogen-bond donors (Lipinski definition) is 3. The van der Waals surface area contributed by atoms with Gasteiger partial charge < -0.3 is 20.9 Å². The van der Waals surface area contributed by atoms with Crippen molar-refractivity contribution in [1.29, 1.82) is 0 Å². The second-order valence-electron chi connectivity index (χ2n) is 10.1. The smallest absolute Gasteiger partial charge is 0.251 e. The van der Waals surface area contributed by atoms with Crippen molar-refractivity contribution in [2.45, 2.75) is 45.1 Å². The molecule has 2 aliphatic rings. The van der Waals surface area contributed by atoms with Crippen molar-refractivity contribution in [2.24, 2.45) is 5.92 Å². The van der Waals surface area contributed by atoms with E-state index in [1.54, 1.807) is 12.1 Å². The second-order valence-corrected chi connectivity index (χ2v) is 10.1. The molecule has 8 heteroatoms. The fourth-order valence-electron chi connectivity index (χ4n) is 4.53. The summed E-state index contributed by atoms with van der Waals surface area (Å²) in [6, 6.07) is 9.36. The number of anilines is 2. The van der Waals surface area contributed by atoms with Gasteiger partial charge in [-0.3, -0.25) is 14.4 Å². The van der Waals surface area contributed by atoms with Crippen LogP contribution in [-0.4, -0.2) is 37.9 Å². The number of halogens is 1. The lowest BCUT2D eigenvalue weighted by molar-refractivity contribution is -0.129. The highest BCUT2D eigenvalue weighted by Gasteiger charge is 2.32. The minimum absolute atomic E-state index is 0.0919. The molecule has 4 rings (SSSR count). The Morgan fingerprint density at radius 3 is 2.59 bits per heavy atom. The molecule has 0 bridgehead atoms. The maximum absolute atomic E-state index is 14.7. The zero-order valence-electron chi connectivity index (χ0n) is 20.0. The zero-order chi connectivity index (χ0) is 24.6. The first kappa shape index (κ1) is 23.7. The van der Waals surface area contributed by atoms with Crippen LogP contribution < -0.4 is 20.9 Å². The summed E-state index contributed by atoms with van der Waals surface area (Å²) >= 11 is 0. The molecule has 0 radical (unpaired) electrons. The predicted octanol–water partition coefficient (Wildman–Crippen LogP) is 3.05.